The molecule has 0 aliphatic heterocycles. The predicted octanol–water partition coefficient (Wildman–Crippen LogP) is 6.02. The molecule has 114 valence electrons. The number of aliphatic hydroxyl groups excluding tert-OH is 1. The Balaban J connectivity index is 0.00000154. The second-order valence-corrected chi connectivity index (χ2v) is 5.68. The summed E-state index contributed by atoms with van der Waals surface area (Å²) >= 11 is 0. The molecule has 1 heteroatoms. The minimum Gasteiger partial charge on any atom is -0.400 e. The van der Waals surface area contributed by atoms with Crippen molar-refractivity contribution in [1.82, 2.24) is 0 Å². The van der Waals surface area contributed by atoms with Crippen LogP contribution in [0, 0.1) is 0 Å². The van der Waals surface area contributed by atoms with Crippen LogP contribution in [-0.4, -0.2) is 12.2 Å². The Hall–Kier alpha value is -0.300. The van der Waals surface area contributed by atoms with Crippen molar-refractivity contribution in [2.24, 2.45) is 0 Å². The van der Waals surface area contributed by atoms with E-state index in [1.807, 2.05) is 11.1 Å². The smallest absolute Gasteiger partial charge is 0.0319 e. The second-order valence-electron chi connectivity index (χ2n) is 5.68. The molecule has 0 saturated heterocycles. The van der Waals surface area contributed by atoms with Crippen molar-refractivity contribution in [3.05, 3.63) is 11.1 Å². The molecular weight excluding hydrogens is 232 g/mol. The molecular formula is C18H36O. The van der Waals surface area contributed by atoms with Crippen LogP contribution in [0.1, 0.15) is 97.3 Å². The molecule has 1 rings (SSSR count). The summed E-state index contributed by atoms with van der Waals surface area (Å²) in [7, 11) is 1.00. The molecule has 1 fully saturated rings. The van der Waals surface area contributed by atoms with Gasteiger partial charge in [-0.05, 0) is 51.4 Å². The summed E-state index contributed by atoms with van der Waals surface area (Å²) in [5.74, 6) is 0. The van der Waals surface area contributed by atoms with Crippen molar-refractivity contribution in [2.45, 2.75) is 97.3 Å². The average Bonchev–Trinajstić information content (AvgIpc) is 2.49. The molecule has 0 amide bonds. The fraction of sp³-hybridized carbons (Fsp3) is 0.889. The number of allylic oxidation sites excluding steroid dienone is 2. The van der Waals surface area contributed by atoms with Gasteiger partial charge in [-0.25, -0.2) is 0 Å². The van der Waals surface area contributed by atoms with Crippen LogP contribution >= 0.6 is 0 Å². The second kappa shape index (κ2) is 14.1. The van der Waals surface area contributed by atoms with Crippen molar-refractivity contribution in [3.63, 3.8) is 0 Å². The number of aliphatic hydroxyl groups is 1. The van der Waals surface area contributed by atoms with E-state index in [-0.39, 0.29) is 0 Å². The van der Waals surface area contributed by atoms with Gasteiger partial charge in [-0.15, -0.1) is 0 Å². The molecule has 0 aromatic carbocycles. The number of hydrogen-bond donors (Lipinski definition) is 1. The Morgan fingerprint density at radius 3 is 1.68 bits per heavy atom. The Kier molecular flexibility index (Phi) is 13.9. The molecule has 19 heavy (non-hydrogen) atoms. The number of hydrogen-bond acceptors (Lipinski definition) is 1. The lowest BCUT2D eigenvalue weighted by molar-refractivity contribution is 0.399. The van der Waals surface area contributed by atoms with Crippen molar-refractivity contribution >= 4 is 0 Å². The monoisotopic (exact) mass is 268 g/mol. The van der Waals surface area contributed by atoms with Gasteiger partial charge in [0.2, 0.25) is 0 Å². The Morgan fingerprint density at radius 2 is 1.26 bits per heavy atom. The Labute approximate surface area is 121 Å². The summed E-state index contributed by atoms with van der Waals surface area (Å²) in [5.41, 5.74) is 3.73. The quantitative estimate of drug-likeness (QED) is 0.422. The van der Waals surface area contributed by atoms with Crippen molar-refractivity contribution in [2.75, 3.05) is 7.11 Å². The van der Waals surface area contributed by atoms with Crippen molar-refractivity contribution in [3.8, 4) is 0 Å². The van der Waals surface area contributed by atoms with Crippen molar-refractivity contribution < 1.29 is 5.11 Å². The molecule has 0 aromatic rings. The Bertz CT molecular complexity index is 198. The molecule has 0 heterocycles. The zero-order valence-corrected chi connectivity index (χ0v) is 13.6. The van der Waals surface area contributed by atoms with Gasteiger partial charge in [-0.2, -0.15) is 0 Å². The van der Waals surface area contributed by atoms with Crippen LogP contribution < -0.4 is 0 Å². The van der Waals surface area contributed by atoms with Gasteiger partial charge in [0.05, 0.1) is 0 Å². The zero-order valence-electron chi connectivity index (χ0n) is 13.6. The van der Waals surface area contributed by atoms with Gasteiger partial charge in [0, 0.05) is 7.11 Å². The van der Waals surface area contributed by atoms with E-state index in [9.17, 15) is 0 Å². The van der Waals surface area contributed by atoms with Gasteiger partial charge in [-0.3, -0.25) is 0 Å². The summed E-state index contributed by atoms with van der Waals surface area (Å²) in [4.78, 5) is 0. The van der Waals surface area contributed by atoms with E-state index in [0.29, 0.717) is 0 Å². The summed E-state index contributed by atoms with van der Waals surface area (Å²) in [5, 5.41) is 7.00. The van der Waals surface area contributed by atoms with Gasteiger partial charge in [0.15, 0.2) is 0 Å². The number of rotatable bonds is 8. The molecule has 0 aromatic heterocycles. The van der Waals surface area contributed by atoms with Crippen LogP contribution in [0.3, 0.4) is 0 Å². The summed E-state index contributed by atoms with van der Waals surface area (Å²) < 4.78 is 0. The first kappa shape index (κ1) is 18.7. The molecule has 1 aliphatic rings. The lowest BCUT2D eigenvalue weighted by Gasteiger charge is -2.19. The molecule has 0 spiro atoms. The minimum absolute atomic E-state index is 1.00. The largest absolute Gasteiger partial charge is 0.400 e. The highest BCUT2D eigenvalue weighted by molar-refractivity contribution is 5.15. The summed E-state index contributed by atoms with van der Waals surface area (Å²) in [6.07, 6.45) is 18.5. The van der Waals surface area contributed by atoms with Crippen molar-refractivity contribution in [1.29, 1.82) is 0 Å². The average molecular weight is 268 g/mol. The molecule has 1 N–H and O–H groups in total. The highest BCUT2D eigenvalue weighted by Gasteiger charge is 2.10. The lowest BCUT2D eigenvalue weighted by Crippen LogP contribution is -2.00. The van der Waals surface area contributed by atoms with Crippen LogP contribution in [0.25, 0.3) is 0 Å². The molecule has 1 nitrogen and oxygen atoms in total. The molecule has 0 bridgehead atoms. The van der Waals surface area contributed by atoms with E-state index in [1.54, 1.807) is 0 Å². The van der Waals surface area contributed by atoms with Crippen LogP contribution in [0.5, 0.6) is 0 Å². The highest BCUT2D eigenvalue weighted by atomic mass is 16.2. The van der Waals surface area contributed by atoms with E-state index in [2.05, 4.69) is 13.8 Å². The van der Waals surface area contributed by atoms with E-state index in [4.69, 9.17) is 5.11 Å². The first-order chi connectivity index (χ1) is 9.38. The van der Waals surface area contributed by atoms with Gasteiger partial charge in [-0.1, -0.05) is 57.1 Å². The third kappa shape index (κ3) is 9.27. The van der Waals surface area contributed by atoms with Gasteiger partial charge in [0.25, 0.3) is 0 Å². The standard InChI is InChI=1S/C17H32.CH4O/c1-3-5-8-12-16(13-9-6-4-2)17-14-10-7-11-15-17;1-2/h3-15H2,1-2H3;2H,1H3. The third-order valence-corrected chi connectivity index (χ3v) is 4.12. The SMILES string of the molecule is CCCCCC(CCCCC)=C1CCCCC1.CO. The van der Waals surface area contributed by atoms with Crippen LogP contribution in [0.2, 0.25) is 0 Å². The fourth-order valence-electron chi connectivity index (χ4n) is 2.99. The van der Waals surface area contributed by atoms with Crippen LogP contribution in [-0.2, 0) is 0 Å². The van der Waals surface area contributed by atoms with E-state index in [1.165, 1.54) is 83.5 Å². The maximum Gasteiger partial charge on any atom is 0.0319 e. The predicted molar refractivity (Wildman–Crippen MR) is 86.5 cm³/mol. The lowest BCUT2D eigenvalue weighted by atomic mass is 9.87. The summed E-state index contributed by atoms with van der Waals surface area (Å²) in [6.45, 7) is 4.62. The highest BCUT2D eigenvalue weighted by Crippen LogP contribution is 2.30. The van der Waals surface area contributed by atoms with Gasteiger partial charge in [0.1, 0.15) is 0 Å². The minimum atomic E-state index is 1.00. The first-order valence-corrected chi connectivity index (χ1v) is 8.53. The van der Waals surface area contributed by atoms with Gasteiger partial charge < -0.3 is 5.11 Å². The van der Waals surface area contributed by atoms with Crippen LogP contribution in [0.15, 0.2) is 11.1 Å². The first-order valence-electron chi connectivity index (χ1n) is 8.53. The zero-order chi connectivity index (χ0) is 14.3. The Morgan fingerprint density at radius 1 is 0.789 bits per heavy atom. The maximum absolute atomic E-state index is 7.00. The normalized spacial score (nSPS) is 14.8. The van der Waals surface area contributed by atoms with E-state index < -0.39 is 0 Å². The molecule has 0 unspecified atom stereocenters. The van der Waals surface area contributed by atoms with Crippen LogP contribution in [0.4, 0.5) is 0 Å². The van der Waals surface area contributed by atoms with E-state index in [0.717, 1.165) is 7.11 Å². The molecule has 0 atom stereocenters. The molecule has 0 radical (unpaired) electrons. The molecule has 1 saturated carbocycles. The van der Waals surface area contributed by atoms with Gasteiger partial charge >= 0.3 is 0 Å². The van der Waals surface area contributed by atoms with E-state index >= 15 is 0 Å². The summed E-state index contributed by atoms with van der Waals surface area (Å²) in [6, 6.07) is 0. The number of unbranched alkanes of at least 4 members (excludes halogenated alkanes) is 4. The third-order valence-electron chi connectivity index (χ3n) is 4.12. The fourth-order valence-corrected chi connectivity index (χ4v) is 2.99. The topological polar surface area (TPSA) is 20.2 Å². The maximum atomic E-state index is 7.00. The molecule has 1 aliphatic carbocycles.